The molecule has 0 aromatic heterocycles. The standard InChI is InChI=1S/C22H23N3O4/c23-18(11-10-14-6-2-1-3-7-14)20(27)22(29)25(24)21(28)17-12-15-8-4-5-9-16(15)13-19(17)26/h1-9,12-13,18,20,26-27H,10-11,23-24H2. The summed E-state index contributed by atoms with van der Waals surface area (Å²) >= 11 is 0. The monoisotopic (exact) mass is 393 g/mol. The van der Waals surface area contributed by atoms with Gasteiger partial charge in [0, 0.05) is 6.04 Å². The van der Waals surface area contributed by atoms with E-state index in [0.29, 0.717) is 23.2 Å². The van der Waals surface area contributed by atoms with E-state index in [1.54, 1.807) is 24.3 Å². The zero-order valence-corrected chi connectivity index (χ0v) is 15.7. The zero-order valence-electron chi connectivity index (χ0n) is 15.7. The van der Waals surface area contributed by atoms with Crippen molar-refractivity contribution in [3.63, 3.8) is 0 Å². The molecule has 7 nitrogen and oxygen atoms in total. The van der Waals surface area contributed by atoms with E-state index in [9.17, 15) is 19.8 Å². The minimum absolute atomic E-state index is 0.135. The molecule has 0 aliphatic carbocycles. The summed E-state index contributed by atoms with van der Waals surface area (Å²) < 4.78 is 0. The molecule has 0 radical (unpaired) electrons. The fourth-order valence-corrected chi connectivity index (χ4v) is 3.09. The van der Waals surface area contributed by atoms with E-state index in [2.05, 4.69) is 0 Å². The summed E-state index contributed by atoms with van der Waals surface area (Å²) in [4.78, 5) is 25.1. The highest BCUT2D eigenvalue weighted by molar-refractivity contribution is 6.08. The molecule has 150 valence electrons. The first-order chi connectivity index (χ1) is 13.9. The number of nitrogens with zero attached hydrogens (tertiary/aromatic N) is 1. The highest BCUT2D eigenvalue weighted by Gasteiger charge is 2.31. The zero-order chi connectivity index (χ0) is 21.0. The second-order valence-electron chi connectivity index (χ2n) is 6.86. The van der Waals surface area contributed by atoms with Crippen LogP contribution < -0.4 is 11.6 Å². The number of aromatic hydroxyl groups is 1. The number of carbonyl (C=O) groups excluding carboxylic acids is 2. The van der Waals surface area contributed by atoms with Crippen molar-refractivity contribution >= 4 is 22.6 Å². The molecule has 0 aliphatic heterocycles. The maximum Gasteiger partial charge on any atom is 0.278 e. The van der Waals surface area contributed by atoms with Gasteiger partial charge < -0.3 is 15.9 Å². The van der Waals surface area contributed by atoms with E-state index in [1.807, 2.05) is 30.3 Å². The van der Waals surface area contributed by atoms with Crippen LogP contribution in [0.5, 0.6) is 5.75 Å². The first-order valence-corrected chi connectivity index (χ1v) is 9.21. The van der Waals surface area contributed by atoms with Gasteiger partial charge in [-0.25, -0.2) is 10.9 Å². The number of phenolic OH excluding ortho intramolecular Hbond substituents is 1. The molecule has 0 saturated carbocycles. The minimum Gasteiger partial charge on any atom is -0.507 e. The molecule has 0 saturated heterocycles. The molecular formula is C22H23N3O4. The summed E-state index contributed by atoms with van der Waals surface area (Å²) in [5.41, 5.74) is 6.82. The average Bonchev–Trinajstić information content (AvgIpc) is 2.75. The molecule has 3 rings (SSSR count). The number of hydrogen-bond donors (Lipinski definition) is 4. The third-order valence-corrected chi connectivity index (χ3v) is 4.82. The van der Waals surface area contributed by atoms with Gasteiger partial charge >= 0.3 is 0 Å². The van der Waals surface area contributed by atoms with Crippen LogP contribution in [0.25, 0.3) is 10.8 Å². The van der Waals surface area contributed by atoms with E-state index in [1.165, 1.54) is 12.1 Å². The van der Waals surface area contributed by atoms with E-state index in [4.69, 9.17) is 11.6 Å². The Morgan fingerprint density at radius 1 is 0.966 bits per heavy atom. The Bertz CT molecular complexity index is 1020. The third kappa shape index (κ3) is 4.60. The Balaban J connectivity index is 1.70. The molecule has 29 heavy (non-hydrogen) atoms. The van der Waals surface area contributed by atoms with Gasteiger partial charge in [0.15, 0.2) is 0 Å². The number of imide groups is 1. The first-order valence-electron chi connectivity index (χ1n) is 9.21. The molecule has 0 spiro atoms. The summed E-state index contributed by atoms with van der Waals surface area (Å²) in [6.45, 7) is 0. The number of aryl methyl sites for hydroxylation is 1. The van der Waals surface area contributed by atoms with Crippen LogP contribution in [0.1, 0.15) is 22.3 Å². The van der Waals surface area contributed by atoms with Crippen molar-refractivity contribution in [3.05, 3.63) is 77.9 Å². The smallest absolute Gasteiger partial charge is 0.278 e. The summed E-state index contributed by atoms with van der Waals surface area (Å²) in [5.74, 6) is 3.41. The fraction of sp³-hybridized carbons (Fsp3) is 0.182. The van der Waals surface area contributed by atoms with Gasteiger partial charge in [0.05, 0.1) is 5.56 Å². The Kier molecular flexibility index (Phi) is 6.23. The van der Waals surface area contributed by atoms with Gasteiger partial charge in [-0.05, 0) is 41.3 Å². The van der Waals surface area contributed by atoms with Crippen LogP contribution in [0.4, 0.5) is 0 Å². The van der Waals surface area contributed by atoms with Crippen LogP contribution in [-0.4, -0.2) is 39.2 Å². The number of aliphatic hydroxyl groups is 1. The summed E-state index contributed by atoms with van der Waals surface area (Å²) in [6, 6.07) is 18.6. The van der Waals surface area contributed by atoms with Crippen molar-refractivity contribution in [2.24, 2.45) is 11.6 Å². The van der Waals surface area contributed by atoms with Crippen molar-refractivity contribution in [3.8, 4) is 5.75 Å². The van der Waals surface area contributed by atoms with Gasteiger partial charge in [0.2, 0.25) is 0 Å². The Labute approximate surface area is 168 Å². The summed E-state index contributed by atoms with van der Waals surface area (Å²) in [6.07, 6.45) is -0.744. The molecule has 0 bridgehead atoms. The van der Waals surface area contributed by atoms with E-state index < -0.39 is 24.0 Å². The van der Waals surface area contributed by atoms with Gasteiger partial charge in [0.1, 0.15) is 11.9 Å². The molecule has 6 N–H and O–H groups in total. The molecule has 7 heteroatoms. The number of benzene rings is 3. The van der Waals surface area contributed by atoms with Crippen molar-refractivity contribution in [2.75, 3.05) is 0 Å². The molecule has 2 atom stereocenters. The molecule has 0 heterocycles. The largest absolute Gasteiger partial charge is 0.507 e. The van der Waals surface area contributed by atoms with Crippen molar-refractivity contribution < 1.29 is 19.8 Å². The van der Waals surface area contributed by atoms with Crippen molar-refractivity contribution in [1.82, 2.24) is 5.01 Å². The lowest BCUT2D eigenvalue weighted by Crippen LogP contribution is -2.53. The molecule has 0 aliphatic rings. The summed E-state index contributed by atoms with van der Waals surface area (Å²) in [7, 11) is 0. The molecule has 0 fully saturated rings. The quantitative estimate of drug-likeness (QED) is 0.287. The predicted octanol–water partition coefficient (Wildman–Crippen LogP) is 1.71. The fourth-order valence-electron chi connectivity index (χ4n) is 3.09. The van der Waals surface area contributed by atoms with Crippen molar-refractivity contribution in [1.29, 1.82) is 0 Å². The van der Waals surface area contributed by atoms with Crippen LogP contribution in [0.2, 0.25) is 0 Å². The van der Waals surface area contributed by atoms with Gasteiger partial charge in [-0.3, -0.25) is 9.59 Å². The Morgan fingerprint density at radius 3 is 2.21 bits per heavy atom. The van der Waals surface area contributed by atoms with E-state index in [-0.39, 0.29) is 11.3 Å². The molecule has 2 amide bonds. The Hall–Kier alpha value is -3.26. The van der Waals surface area contributed by atoms with E-state index in [0.717, 1.165) is 10.9 Å². The van der Waals surface area contributed by atoms with Gasteiger partial charge in [-0.15, -0.1) is 0 Å². The van der Waals surface area contributed by atoms with Crippen LogP contribution in [0, 0.1) is 0 Å². The van der Waals surface area contributed by atoms with Crippen LogP contribution >= 0.6 is 0 Å². The second kappa shape index (κ2) is 8.83. The number of hydrazine groups is 1. The lowest BCUT2D eigenvalue weighted by atomic mass is 10.0. The summed E-state index contributed by atoms with van der Waals surface area (Å²) in [5, 5.41) is 22.2. The van der Waals surface area contributed by atoms with Crippen LogP contribution in [0.3, 0.4) is 0 Å². The molecule has 2 unspecified atom stereocenters. The number of aliphatic hydroxyl groups excluding tert-OH is 1. The van der Waals surface area contributed by atoms with Gasteiger partial charge in [-0.2, -0.15) is 0 Å². The maximum absolute atomic E-state index is 12.6. The number of phenols is 1. The molecule has 3 aromatic rings. The molecular weight excluding hydrogens is 370 g/mol. The molecule has 3 aromatic carbocycles. The van der Waals surface area contributed by atoms with Gasteiger partial charge in [0.25, 0.3) is 11.8 Å². The lowest BCUT2D eigenvalue weighted by Gasteiger charge is -2.23. The number of rotatable bonds is 6. The third-order valence-electron chi connectivity index (χ3n) is 4.82. The SMILES string of the molecule is NC(CCc1ccccc1)C(O)C(=O)N(N)C(=O)c1cc2ccccc2cc1O. The number of nitrogens with two attached hydrogens (primary N) is 2. The topological polar surface area (TPSA) is 130 Å². The highest BCUT2D eigenvalue weighted by Crippen LogP contribution is 2.26. The van der Waals surface area contributed by atoms with E-state index >= 15 is 0 Å². The van der Waals surface area contributed by atoms with Gasteiger partial charge in [-0.1, -0.05) is 54.6 Å². The van der Waals surface area contributed by atoms with Crippen molar-refractivity contribution in [2.45, 2.75) is 25.0 Å². The lowest BCUT2D eigenvalue weighted by molar-refractivity contribution is -0.138. The Morgan fingerprint density at radius 2 is 1.55 bits per heavy atom. The van der Waals surface area contributed by atoms with Crippen LogP contribution in [-0.2, 0) is 11.2 Å². The number of amides is 2. The maximum atomic E-state index is 12.6. The minimum atomic E-state index is -1.64. The normalized spacial score (nSPS) is 13.1. The predicted molar refractivity (Wildman–Crippen MR) is 110 cm³/mol. The average molecular weight is 393 g/mol. The number of carbonyl (C=O) groups is 2. The second-order valence-corrected chi connectivity index (χ2v) is 6.86. The highest BCUT2D eigenvalue weighted by atomic mass is 16.3. The van der Waals surface area contributed by atoms with Crippen LogP contribution in [0.15, 0.2) is 66.7 Å². The first kappa shape index (κ1) is 20.5. The number of hydrogen-bond acceptors (Lipinski definition) is 6. The number of fused-ring (bicyclic) bond motifs is 1.